The molecule has 0 aromatic rings. The van der Waals surface area contributed by atoms with Crippen LogP contribution in [0.15, 0.2) is 0 Å². The van der Waals surface area contributed by atoms with Gasteiger partial charge in [-0.2, -0.15) is 0 Å². The number of unbranched alkanes of at least 4 members (excludes halogenated alkanes) is 20. The van der Waals surface area contributed by atoms with Gasteiger partial charge in [-0.15, -0.1) is 0 Å². The molecule has 0 aliphatic carbocycles. The molecule has 0 saturated heterocycles. The molecule has 0 aliphatic heterocycles. The summed E-state index contributed by atoms with van der Waals surface area (Å²) in [7, 11) is 0. The van der Waals surface area contributed by atoms with Gasteiger partial charge in [0.1, 0.15) is 0 Å². The van der Waals surface area contributed by atoms with E-state index in [9.17, 15) is 14.7 Å². The number of carbonyl (C=O) groups is 2. The van der Waals surface area contributed by atoms with Crippen LogP contribution in [0.4, 0.5) is 0 Å². The first kappa shape index (κ1) is 43.8. The normalized spacial score (nSPS) is 11.5. The van der Waals surface area contributed by atoms with E-state index >= 15 is 0 Å². The van der Waals surface area contributed by atoms with Gasteiger partial charge in [0, 0.05) is 0 Å². The molecule has 0 saturated carbocycles. The minimum absolute atomic E-state index is 0.0736. The van der Waals surface area contributed by atoms with E-state index in [0.717, 1.165) is 38.5 Å². The molecule has 6 heteroatoms. The van der Waals surface area contributed by atoms with Crippen molar-refractivity contribution in [3.05, 3.63) is 0 Å². The van der Waals surface area contributed by atoms with Crippen molar-refractivity contribution in [3.8, 4) is 0 Å². The van der Waals surface area contributed by atoms with E-state index in [1.807, 2.05) is 0 Å². The number of hydrogen-bond donors (Lipinski definition) is 1. The number of carbonyl (C=O) groups excluding carboxylic acids is 2. The number of esters is 2. The van der Waals surface area contributed by atoms with Gasteiger partial charge in [0.2, 0.25) is 0 Å². The molecule has 0 spiro atoms. The SMILES string of the molecule is CCCCCCCCOC(=O)CC(O)C(=O)OCCCCCCCC.CCCCCCC[CH2][Sn][CH2]CCCCCCC. The summed E-state index contributed by atoms with van der Waals surface area (Å²) in [6.45, 7) is 9.59. The van der Waals surface area contributed by atoms with Crippen LogP contribution in [0.1, 0.15) is 188 Å². The maximum atomic E-state index is 11.6. The Morgan fingerprint density at radius 2 is 0.833 bits per heavy atom. The van der Waals surface area contributed by atoms with Crippen molar-refractivity contribution in [2.75, 3.05) is 13.2 Å². The van der Waals surface area contributed by atoms with E-state index in [1.165, 1.54) is 103 Å². The summed E-state index contributed by atoms with van der Waals surface area (Å²) in [5.74, 6) is -1.28. The third kappa shape index (κ3) is 37.7. The molecule has 0 aliphatic rings. The molecule has 0 heterocycles. The van der Waals surface area contributed by atoms with Crippen LogP contribution in [0.3, 0.4) is 0 Å². The predicted molar refractivity (Wildman–Crippen MR) is 181 cm³/mol. The molecule has 0 aromatic carbocycles. The molecule has 42 heavy (non-hydrogen) atoms. The molecule has 0 fully saturated rings. The number of hydrogen-bond acceptors (Lipinski definition) is 5. The monoisotopic (exact) mass is 704 g/mol. The molecule has 0 aromatic heterocycles. The summed E-state index contributed by atoms with van der Waals surface area (Å²) in [4.78, 5) is 23.2. The van der Waals surface area contributed by atoms with E-state index in [0.29, 0.717) is 13.2 Å². The van der Waals surface area contributed by atoms with Gasteiger partial charge < -0.3 is 14.6 Å². The van der Waals surface area contributed by atoms with Crippen molar-refractivity contribution in [2.24, 2.45) is 0 Å². The zero-order valence-corrected chi connectivity index (χ0v) is 31.5. The number of ether oxygens (including phenoxy) is 2. The third-order valence-corrected chi connectivity index (χ3v) is 11.6. The molecule has 0 amide bonds. The van der Waals surface area contributed by atoms with Crippen LogP contribution in [0, 0.1) is 0 Å². The van der Waals surface area contributed by atoms with Crippen LogP contribution in [0.5, 0.6) is 0 Å². The van der Waals surface area contributed by atoms with E-state index in [4.69, 9.17) is 9.47 Å². The molecule has 0 rings (SSSR count). The first-order valence-electron chi connectivity index (χ1n) is 18.2. The second-order valence-corrected chi connectivity index (χ2v) is 16.2. The third-order valence-electron chi connectivity index (χ3n) is 7.55. The average molecular weight is 704 g/mol. The van der Waals surface area contributed by atoms with Gasteiger partial charge in [-0.1, -0.05) is 78.1 Å². The van der Waals surface area contributed by atoms with Gasteiger partial charge in [0.15, 0.2) is 6.10 Å². The van der Waals surface area contributed by atoms with Gasteiger partial charge in [-0.25, -0.2) is 4.79 Å². The zero-order chi connectivity index (χ0) is 31.4. The molecule has 2 radical (unpaired) electrons. The zero-order valence-electron chi connectivity index (χ0n) is 28.7. The fourth-order valence-electron chi connectivity index (χ4n) is 4.71. The van der Waals surface area contributed by atoms with Crippen molar-refractivity contribution in [1.29, 1.82) is 0 Å². The fraction of sp³-hybridized carbons (Fsp3) is 0.944. The van der Waals surface area contributed by atoms with Gasteiger partial charge in [-0.05, 0) is 12.8 Å². The summed E-state index contributed by atoms with van der Waals surface area (Å²) < 4.78 is 13.4. The average Bonchev–Trinajstić information content (AvgIpc) is 2.98. The number of aliphatic hydroxyl groups excluding tert-OH is 1. The Morgan fingerprint density at radius 1 is 0.500 bits per heavy atom. The Hall–Kier alpha value is -0.301. The van der Waals surface area contributed by atoms with Crippen LogP contribution >= 0.6 is 0 Å². The quantitative estimate of drug-likeness (QED) is 0.0442. The Kier molecular flexibility index (Phi) is 40.4. The maximum absolute atomic E-state index is 11.6. The van der Waals surface area contributed by atoms with E-state index in [-0.39, 0.29) is 27.6 Å². The first-order valence-corrected chi connectivity index (χ1v) is 22.3. The van der Waals surface area contributed by atoms with Crippen LogP contribution in [0.2, 0.25) is 8.87 Å². The molecule has 5 nitrogen and oxygen atoms in total. The van der Waals surface area contributed by atoms with E-state index in [2.05, 4.69) is 27.7 Å². The molecule has 250 valence electrons. The van der Waals surface area contributed by atoms with Crippen molar-refractivity contribution in [1.82, 2.24) is 0 Å². The van der Waals surface area contributed by atoms with Crippen molar-refractivity contribution < 1.29 is 24.2 Å². The van der Waals surface area contributed by atoms with Gasteiger partial charge in [0.05, 0.1) is 19.6 Å². The van der Waals surface area contributed by atoms with E-state index in [1.54, 1.807) is 21.7 Å². The van der Waals surface area contributed by atoms with Crippen molar-refractivity contribution in [2.45, 2.75) is 203 Å². The summed E-state index contributed by atoms with van der Waals surface area (Å²) in [5, 5.41) is 9.69. The number of aliphatic hydroxyl groups is 1. The summed E-state index contributed by atoms with van der Waals surface area (Å²) in [6, 6.07) is 0. The van der Waals surface area contributed by atoms with Crippen LogP contribution in [0.25, 0.3) is 0 Å². The Bertz CT molecular complexity index is 529. The van der Waals surface area contributed by atoms with Crippen LogP contribution in [-0.4, -0.2) is 57.5 Å². The van der Waals surface area contributed by atoms with Crippen LogP contribution in [-0.2, 0) is 19.1 Å². The standard InChI is InChI=1S/C20H38O5.2C8H17.Sn/c1-3-5-7-9-11-13-15-24-19(22)17-18(21)20(23)25-16-14-12-10-8-6-4-2;2*1-3-5-7-8-6-4-2;/h18,21H,3-17H2,1-2H3;2*1,3-8H2,2H3;. The molecular weight excluding hydrogens is 631 g/mol. The van der Waals surface area contributed by atoms with Crippen molar-refractivity contribution >= 4 is 33.1 Å². The molecule has 1 N–H and O–H groups in total. The minimum atomic E-state index is -1.42. The Balaban J connectivity index is 0. The summed E-state index contributed by atoms with van der Waals surface area (Å²) in [5.41, 5.74) is 0. The van der Waals surface area contributed by atoms with E-state index < -0.39 is 18.0 Å². The fourth-order valence-corrected chi connectivity index (χ4v) is 8.27. The Labute approximate surface area is 272 Å². The van der Waals surface area contributed by atoms with Crippen LogP contribution < -0.4 is 0 Å². The van der Waals surface area contributed by atoms with Gasteiger partial charge in [-0.3, -0.25) is 4.79 Å². The van der Waals surface area contributed by atoms with Gasteiger partial charge in [0.25, 0.3) is 0 Å². The molecular formula is C36H72O5Sn. The van der Waals surface area contributed by atoms with Crippen molar-refractivity contribution in [3.63, 3.8) is 0 Å². The molecule has 1 unspecified atom stereocenters. The summed E-state index contributed by atoms with van der Waals surface area (Å²) in [6.07, 6.45) is 29.4. The first-order chi connectivity index (χ1) is 20.5. The topological polar surface area (TPSA) is 72.8 Å². The summed E-state index contributed by atoms with van der Waals surface area (Å²) >= 11 is 0.0736. The second kappa shape index (κ2) is 38.7. The molecule has 1 atom stereocenters. The second-order valence-electron chi connectivity index (χ2n) is 11.9. The Morgan fingerprint density at radius 3 is 1.24 bits per heavy atom. The number of rotatable bonds is 31. The van der Waals surface area contributed by atoms with Gasteiger partial charge >= 0.3 is 133 Å². The predicted octanol–water partition coefficient (Wildman–Crippen LogP) is 10.8. The molecule has 0 bridgehead atoms.